The van der Waals surface area contributed by atoms with Crippen molar-refractivity contribution >= 4 is 11.6 Å². The molecule has 1 unspecified atom stereocenters. The number of aromatic nitrogens is 2. The summed E-state index contributed by atoms with van der Waals surface area (Å²) < 4.78 is 46.2. The Morgan fingerprint density at radius 2 is 2.07 bits per heavy atom. The average molecular weight is 377 g/mol. The Balaban J connectivity index is 1.91. The quantitative estimate of drug-likeness (QED) is 0.819. The highest BCUT2D eigenvalue weighted by Gasteiger charge is 2.36. The molecule has 0 saturated carbocycles. The normalized spacial score (nSPS) is 17.5. The van der Waals surface area contributed by atoms with Crippen LogP contribution in [0.25, 0.3) is 0 Å². The average Bonchev–Trinajstić information content (AvgIpc) is 2.67. The molecule has 1 aliphatic rings. The SMILES string of the molecule is CN(C)c1nccc(C2CN(c3ccc(C#N)cc3C(F)(F)F)CCO2)n1. The zero-order chi connectivity index (χ0) is 19.6. The van der Waals surface area contributed by atoms with E-state index in [1.54, 1.807) is 42.2 Å². The van der Waals surface area contributed by atoms with Gasteiger partial charge in [0.1, 0.15) is 6.10 Å². The summed E-state index contributed by atoms with van der Waals surface area (Å²) in [6.45, 7) is 0.805. The second kappa shape index (κ2) is 7.40. The van der Waals surface area contributed by atoms with Gasteiger partial charge < -0.3 is 14.5 Å². The van der Waals surface area contributed by atoms with Crippen molar-refractivity contribution in [3.05, 3.63) is 47.3 Å². The molecule has 1 aromatic heterocycles. The maximum atomic E-state index is 13.5. The van der Waals surface area contributed by atoms with Gasteiger partial charge in [-0.05, 0) is 24.3 Å². The lowest BCUT2D eigenvalue weighted by atomic mass is 10.1. The summed E-state index contributed by atoms with van der Waals surface area (Å²) in [5.41, 5.74) is -0.196. The Morgan fingerprint density at radius 3 is 2.74 bits per heavy atom. The van der Waals surface area contributed by atoms with Crippen LogP contribution in [0.3, 0.4) is 0 Å². The number of hydrogen-bond donors (Lipinski definition) is 0. The van der Waals surface area contributed by atoms with Crippen molar-refractivity contribution in [3.8, 4) is 6.07 Å². The van der Waals surface area contributed by atoms with Crippen LogP contribution in [0.4, 0.5) is 24.8 Å². The van der Waals surface area contributed by atoms with Crippen LogP contribution < -0.4 is 9.80 Å². The van der Waals surface area contributed by atoms with Crippen molar-refractivity contribution in [2.75, 3.05) is 43.6 Å². The second-order valence-corrected chi connectivity index (χ2v) is 6.32. The largest absolute Gasteiger partial charge is 0.418 e. The first-order valence-electron chi connectivity index (χ1n) is 8.28. The zero-order valence-corrected chi connectivity index (χ0v) is 14.9. The van der Waals surface area contributed by atoms with Gasteiger partial charge in [0.2, 0.25) is 5.95 Å². The third-order valence-electron chi connectivity index (χ3n) is 4.23. The van der Waals surface area contributed by atoms with Gasteiger partial charge in [-0.2, -0.15) is 18.4 Å². The molecule has 0 N–H and O–H groups in total. The molecule has 1 fully saturated rings. The first kappa shape index (κ1) is 18.9. The molecule has 0 spiro atoms. The van der Waals surface area contributed by atoms with E-state index >= 15 is 0 Å². The first-order valence-corrected chi connectivity index (χ1v) is 8.28. The fourth-order valence-electron chi connectivity index (χ4n) is 2.91. The molecule has 0 aliphatic carbocycles. The molecule has 0 radical (unpaired) electrons. The summed E-state index contributed by atoms with van der Waals surface area (Å²) in [5, 5.41) is 8.92. The molecule has 3 rings (SSSR count). The molecule has 0 amide bonds. The summed E-state index contributed by atoms with van der Waals surface area (Å²) >= 11 is 0. The van der Waals surface area contributed by atoms with Crippen molar-refractivity contribution in [2.45, 2.75) is 12.3 Å². The molecular formula is C18H18F3N5O. The number of nitrogens with zero attached hydrogens (tertiary/aromatic N) is 5. The van der Waals surface area contributed by atoms with Gasteiger partial charge in [0.25, 0.3) is 0 Å². The van der Waals surface area contributed by atoms with E-state index in [4.69, 9.17) is 10.00 Å². The van der Waals surface area contributed by atoms with E-state index in [1.807, 2.05) is 0 Å². The van der Waals surface area contributed by atoms with E-state index in [1.165, 1.54) is 12.1 Å². The minimum absolute atomic E-state index is 0.0256. The van der Waals surface area contributed by atoms with Crippen LogP contribution in [0, 0.1) is 11.3 Å². The maximum Gasteiger partial charge on any atom is 0.418 e. The van der Waals surface area contributed by atoms with Crippen molar-refractivity contribution in [1.82, 2.24) is 9.97 Å². The number of hydrogen-bond acceptors (Lipinski definition) is 6. The Kier molecular flexibility index (Phi) is 5.19. The number of morpholine rings is 1. The highest BCUT2D eigenvalue weighted by atomic mass is 19.4. The van der Waals surface area contributed by atoms with Crippen LogP contribution in [0.1, 0.15) is 22.9 Å². The number of rotatable bonds is 3. The second-order valence-electron chi connectivity index (χ2n) is 6.32. The Hall–Kier alpha value is -2.86. The van der Waals surface area contributed by atoms with Gasteiger partial charge >= 0.3 is 6.18 Å². The molecule has 0 bridgehead atoms. The van der Waals surface area contributed by atoms with Gasteiger partial charge in [-0.3, -0.25) is 0 Å². The van der Waals surface area contributed by atoms with Crippen molar-refractivity contribution in [2.24, 2.45) is 0 Å². The Morgan fingerprint density at radius 1 is 1.30 bits per heavy atom. The van der Waals surface area contributed by atoms with Crippen molar-refractivity contribution < 1.29 is 17.9 Å². The van der Waals surface area contributed by atoms with E-state index in [0.717, 1.165) is 6.07 Å². The number of anilines is 2. The third kappa shape index (κ3) is 4.11. The van der Waals surface area contributed by atoms with E-state index in [2.05, 4.69) is 9.97 Å². The molecule has 27 heavy (non-hydrogen) atoms. The fourth-order valence-corrected chi connectivity index (χ4v) is 2.91. The number of ether oxygens (including phenoxy) is 1. The molecule has 2 aromatic rings. The van der Waals surface area contributed by atoms with Gasteiger partial charge in [0.15, 0.2) is 0 Å². The van der Waals surface area contributed by atoms with E-state index in [9.17, 15) is 13.2 Å². The monoisotopic (exact) mass is 377 g/mol. The van der Waals surface area contributed by atoms with E-state index < -0.39 is 17.8 Å². The lowest BCUT2D eigenvalue weighted by molar-refractivity contribution is -0.137. The molecule has 6 nitrogen and oxygen atoms in total. The number of nitriles is 1. The van der Waals surface area contributed by atoms with Crippen LogP contribution in [0.5, 0.6) is 0 Å². The third-order valence-corrected chi connectivity index (χ3v) is 4.23. The topological polar surface area (TPSA) is 65.3 Å². The molecule has 142 valence electrons. The summed E-state index contributed by atoms with van der Waals surface area (Å²) in [5.74, 6) is 0.502. The van der Waals surface area contributed by atoms with Gasteiger partial charge in [-0.15, -0.1) is 0 Å². The van der Waals surface area contributed by atoms with Crippen LogP contribution in [0.2, 0.25) is 0 Å². The van der Waals surface area contributed by atoms with Gasteiger partial charge in [-0.25, -0.2) is 9.97 Å². The van der Waals surface area contributed by atoms with Gasteiger partial charge in [0, 0.05) is 39.1 Å². The lowest BCUT2D eigenvalue weighted by Crippen LogP contribution is -2.39. The molecule has 9 heteroatoms. The summed E-state index contributed by atoms with van der Waals surface area (Å²) in [4.78, 5) is 11.9. The molecule has 2 heterocycles. The van der Waals surface area contributed by atoms with Gasteiger partial charge in [-0.1, -0.05) is 0 Å². The van der Waals surface area contributed by atoms with Crippen LogP contribution in [-0.4, -0.2) is 43.8 Å². The Labute approximate surface area is 154 Å². The maximum absolute atomic E-state index is 13.5. The zero-order valence-electron chi connectivity index (χ0n) is 14.9. The lowest BCUT2D eigenvalue weighted by Gasteiger charge is -2.35. The molecule has 1 saturated heterocycles. The van der Waals surface area contributed by atoms with Gasteiger partial charge in [0.05, 0.1) is 29.5 Å². The van der Waals surface area contributed by atoms with Crippen LogP contribution in [0.15, 0.2) is 30.5 Å². The summed E-state index contributed by atoms with van der Waals surface area (Å²) in [6.07, 6.45) is -3.43. The summed E-state index contributed by atoms with van der Waals surface area (Å²) in [7, 11) is 3.61. The molecule has 1 aliphatic heterocycles. The highest BCUT2D eigenvalue weighted by Crippen LogP contribution is 2.38. The molecular weight excluding hydrogens is 359 g/mol. The van der Waals surface area contributed by atoms with Crippen molar-refractivity contribution in [1.29, 1.82) is 5.26 Å². The molecule has 1 aromatic carbocycles. The highest BCUT2D eigenvalue weighted by molar-refractivity contribution is 5.58. The van der Waals surface area contributed by atoms with Crippen LogP contribution >= 0.6 is 0 Å². The minimum Gasteiger partial charge on any atom is -0.368 e. The number of benzene rings is 1. The van der Waals surface area contributed by atoms with Crippen LogP contribution in [-0.2, 0) is 10.9 Å². The smallest absolute Gasteiger partial charge is 0.368 e. The predicted octanol–water partition coefficient (Wildman–Crippen LogP) is 3.01. The molecule has 1 atom stereocenters. The standard InChI is InChI=1S/C18H18F3N5O/c1-25(2)17-23-6-5-14(24-17)16-11-26(7-8-27-16)15-4-3-12(10-22)9-13(15)18(19,20)21/h3-6,9,16H,7-8,11H2,1-2H3. The summed E-state index contributed by atoms with van der Waals surface area (Å²) in [6, 6.07) is 7.07. The van der Waals surface area contributed by atoms with E-state index in [-0.39, 0.29) is 24.4 Å². The van der Waals surface area contributed by atoms with Crippen molar-refractivity contribution in [3.63, 3.8) is 0 Å². The Bertz CT molecular complexity index is 863. The fraction of sp³-hybridized carbons (Fsp3) is 0.389. The number of alkyl halides is 3. The number of halogens is 3. The van der Waals surface area contributed by atoms with E-state index in [0.29, 0.717) is 18.2 Å². The predicted molar refractivity (Wildman–Crippen MR) is 93.4 cm³/mol. The first-order chi connectivity index (χ1) is 12.8. The minimum atomic E-state index is -4.55.